The number of hydrogen-bond donors (Lipinski definition) is 1. The first-order chi connectivity index (χ1) is 14.3. The molecule has 0 spiro atoms. The van der Waals surface area contributed by atoms with Crippen molar-refractivity contribution >= 4 is 33.4 Å². The lowest BCUT2D eigenvalue weighted by atomic mass is 9.97. The minimum absolute atomic E-state index is 0.482. The van der Waals surface area contributed by atoms with Crippen molar-refractivity contribution in [3.05, 3.63) is 70.6 Å². The second-order valence-electron chi connectivity index (χ2n) is 8.00. The molecule has 2 atom stereocenters. The van der Waals surface area contributed by atoms with E-state index < -0.39 is 24.0 Å². The Kier molecular flexibility index (Phi) is 6.77. The Labute approximate surface area is 181 Å². The molecular weight excluding hydrogens is 396 g/mol. The van der Waals surface area contributed by atoms with Gasteiger partial charge in [-0.25, -0.2) is 9.59 Å². The van der Waals surface area contributed by atoms with Gasteiger partial charge < -0.3 is 10.6 Å². The summed E-state index contributed by atoms with van der Waals surface area (Å²) in [4.78, 5) is 31.2. The third kappa shape index (κ3) is 5.00. The molecule has 2 unspecified atom stereocenters. The molecule has 30 heavy (non-hydrogen) atoms. The van der Waals surface area contributed by atoms with Crippen molar-refractivity contribution in [2.75, 3.05) is 0 Å². The quantitative estimate of drug-likeness (QED) is 0.508. The van der Waals surface area contributed by atoms with Crippen LogP contribution in [0.3, 0.4) is 0 Å². The molecule has 158 valence electrons. The van der Waals surface area contributed by atoms with E-state index in [1.165, 1.54) is 5.56 Å². The maximum atomic E-state index is 12.8. The number of carbonyl (C=O) groups is 2. The molecule has 0 fully saturated rings. The fraction of sp³-hybridized carbons (Fsp3) is 0.333. The molecule has 0 saturated heterocycles. The van der Waals surface area contributed by atoms with Gasteiger partial charge in [-0.05, 0) is 54.8 Å². The van der Waals surface area contributed by atoms with Gasteiger partial charge in [-0.15, -0.1) is 16.4 Å². The molecule has 0 aliphatic heterocycles. The van der Waals surface area contributed by atoms with Crippen LogP contribution >= 0.6 is 11.3 Å². The van der Waals surface area contributed by atoms with E-state index in [1.807, 2.05) is 54.6 Å². The minimum atomic E-state index is -0.798. The zero-order valence-electron chi connectivity index (χ0n) is 17.8. The zero-order chi connectivity index (χ0) is 21.8. The van der Waals surface area contributed by atoms with Crippen molar-refractivity contribution in [3.63, 3.8) is 0 Å². The number of fused-ring (bicyclic) bond motifs is 1. The number of thiophene rings is 1. The van der Waals surface area contributed by atoms with E-state index in [4.69, 9.17) is 10.6 Å². The lowest BCUT2D eigenvalue weighted by molar-refractivity contribution is -0.185. The summed E-state index contributed by atoms with van der Waals surface area (Å²) >= 11 is 1.55. The number of carbonyl (C=O) groups excluding carboxylic acids is 2. The summed E-state index contributed by atoms with van der Waals surface area (Å²) < 4.78 is 1.10. The van der Waals surface area contributed by atoms with Crippen LogP contribution in [0.15, 0.2) is 54.6 Å². The second kappa shape index (κ2) is 9.30. The first-order valence-electron chi connectivity index (χ1n) is 10.1. The standard InChI is InChI=1S/C24H28N2O3S/c1-15(2)13-18-9-11-19(12-10-18)16(3)23(27)29-26(24(25)28)17(4)22-14-20-7-5-6-8-21(20)30-22/h5-12,14-17H,13H2,1-4H3,(H2,25,28). The smallest absolute Gasteiger partial charge is 0.348 e. The van der Waals surface area contributed by atoms with Crippen LogP contribution in [0.1, 0.15) is 55.7 Å². The molecule has 0 aliphatic rings. The zero-order valence-corrected chi connectivity index (χ0v) is 18.6. The Morgan fingerprint density at radius 1 is 1.03 bits per heavy atom. The van der Waals surface area contributed by atoms with E-state index in [0.29, 0.717) is 5.92 Å². The van der Waals surface area contributed by atoms with Crippen molar-refractivity contribution in [1.29, 1.82) is 0 Å². The lowest BCUT2D eigenvalue weighted by Crippen LogP contribution is -2.40. The third-order valence-electron chi connectivity index (χ3n) is 5.09. The highest BCUT2D eigenvalue weighted by Gasteiger charge is 2.28. The van der Waals surface area contributed by atoms with Gasteiger partial charge in [-0.2, -0.15) is 0 Å². The molecule has 6 heteroatoms. The molecule has 0 radical (unpaired) electrons. The summed E-state index contributed by atoms with van der Waals surface area (Å²) in [5, 5.41) is 2.05. The Morgan fingerprint density at radius 2 is 1.70 bits per heavy atom. The van der Waals surface area contributed by atoms with Crippen LogP contribution in [0.5, 0.6) is 0 Å². The number of benzene rings is 2. The van der Waals surface area contributed by atoms with Gasteiger partial charge >= 0.3 is 12.0 Å². The number of nitrogens with zero attached hydrogens (tertiary/aromatic N) is 1. The molecule has 0 bridgehead atoms. The maximum Gasteiger partial charge on any atom is 0.348 e. The Balaban J connectivity index is 1.73. The fourth-order valence-electron chi connectivity index (χ4n) is 3.36. The summed E-state index contributed by atoms with van der Waals surface area (Å²) in [5.74, 6) is -0.467. The fourth-order valence-corrected chi connectivity index (χ4v) is 4.46. The van der Waals surface area contributed by atoms with E-state index in [-0.39, 0.29) is 0 Å². The number of hydrogen-bond acceptors (Lipinski definition) is 4. The summed E-state index contributed by atoms with van der Waals surface area (Å²) in [6, 6.07) is 16.6. The minimum Gasteiger partial charge on any atom is -0.349 e. The molecule has 2 amide bonds. The molecule has 1 heterocycles. The number of hydroxylamine groups is 2. The van der Waals surface area contributed by atoms with Crippen molar-refractivity contribution in [3.8, 4) is 0 Å². The highest BCUT2D eigenvalue weighted by Crippen LogP contribution is 2.33. The highest BCUT2D eigenvalue weighted by molar-refractivity contribution is 7.19. The normalized spacial score (nSPS) is 13.2. The van der Waals surface area contributed by atoms with E-state index in [2.05, 4.69) is 13.8 Å². The van der Waals surface area contributed by atoms with E-state index in [0.717, 1.165) is 32.0 Å². The Morgan fingerprint density at radius 3 is 2.30 bits per heavy atom. The van der Waals surface area contributed by atoms with E-state index in [9.17, 15) is 9.59 Å². The first-order valence-corrected chi connectivity index (χ1v) is 11.0. The van der Waals surface area contributed by atoms with Crippen LogP contribution in [-0.4, -0.2) is 17.1 Å². The monoisotopic (exact) mass is 424 g/mol. The van der Waals surface area contributed by atoms with Gasteiger partial charge in [0.1, 0.15) is 6.04 Å². The summed E-state index contributed by atoms with van der Waals surface area (Å²) in [6.45, 7) is 7.91. The number of amides is 2. The molecule has 0 saturated carbocycles. The molecule has 3 aromatic rings. The summed E-state index contributed by atoms with van der Waals surface area (Å²) in [5.41, 5.74) is 7.60. The van der Waals surface area contributed by atoms with Crippen molar-refractivity contribution in [1.82, 2.24) is 5.06 Å². The largest absolute Gasteiger partial charge is 0.349 e. The average molecular weight is 425 g/mol. The summed E-state index contributed by atoms with van der Waals surface area (Å²) in [6.07, 6.45) is 0.987. The predicted molar refractivity (Wildman–Crippen MR) is 121 cm³/mol. The Hall–Kier alpha value is -2.86. The number of nitrogens with two attached hydrogens (primary N) is 1. The first kappa shape index (κ1) is 21.8. The van der Waals surface area contributed by atoms with Crippen LogP contribution in [0.2, 0.25) is 0 Å². The van der Waals surface area contributed by atoms with Crippen LogP contribution < -0.4 is 5.73 Å². The molecule has 1 aromatic heterocycles. The third-order valence-corrected chi connectivity index (χ3v) is 6.38. The second-order valence-corrected chi connectivity index (χ2v) is 9.11. The van der Waals surface area contributed by atoms with Crippen LogP contribution in [0, 0.1) is 5.92 Å². The molecular formula is C24H28N2O3S. The lowest BCUT2D eigenvalue weighted by Gasteiger charge is -2.26. The van der Waals surface area contributed by atoms with E-state index >= 15 is 0 Å². The topological polar surface area (TPSA) is 72.6 Å². The van der Waals surface area contributed by atoms with Crippen LogP contribution in [-0.2, 0) is 16.1 Å². The maximum absolute atomic E-state index is 12.8. The molecule has 2 aromatic carbocycles. The van der Waals surface area contributed by atoms with Gasteiger partial charge in [0.25, 0.3) is 0 Å². The van der Waals surface area contributed by atoms with Gasteiger partial charge in [0.15, 0.2) is 0 Å². The van der Waals surface area contributed by atoms with E-state index in [1.54, 1.807) is 25.2 Å². The highest BCUT2D eigenvalue weighted by atomic mass is 32.1. The van der Waals surface area contributed by atoms with Gasteiger partial charge in [-0.3, -0.25) is 0 Å². The SMILES string of the molecule is CC(C)Cc1ccc(C(C)C(=O)ON(C(N)=O)C(C)c2cc3ccccc3s2)cc1. The Bertz CT molecular complexity index is 993. The van der Waals surface area contributed by atoms with Crippen molar-refractivity contribution < 1.29 is 14.4 Å². The van der Waals surface area contributed by atoms with Crippen LogP contribution in [0.4, 0.5) is 4.79 Å². The van der Waals surface area contributed by atoms with Gasteiger partial charge in [-0.1, -0.05) is 56.3 Å². The average Bonchev–Trinajstić information content (AvgIpc) is 3.15. The van der Waals surface area contributed by atoms with Crippen LogP contribution in [0.25, 0.3) is 10.1 Å². The molecule has 0 aliphatic carbocycles. The van der Waals surface area contributed by atoms with Crippen molar-refractivity contribution in [2.24, 2.45) is 11.7 Å². The van der Waals surface area contributed by atoms with Gasteiger partial charge in [0.2, 0.25) is 0 Å². The molecule has 5 nitrogen and oxygen atoms in total. The molecule has 3 rings (SSSR count). The predicted octanol–water partition coefficient (Wildman–Crippen LogP) is 5.80. The van der Waals surface area contributed by atoms with Crippen molar-refractivity contribution in [2.45, 2.75) is 46.1 Å². The van der Waals surface area contributed by atoms with Gasteiger partial charge in [0.05, 0.1) is 5.92 Å². The number of primary amides is 1. The molecule has 2 N–H and O–H groups in total. The van der Waals surface area contributed by atoms with Gasteiger partial charge in [0, 0.05) is 9.58 Å². The number of urea groups is 1. The number of rotatable bonds is 6. The summed E-state index contributed by atoms with van der Waals surface area (Å²) in [7, 11) is 0.